The number of ether oxygens (including phenoxy) is 2. The molecule has 0 aliphatic heterocycles. The molecule has 0 aliphatic rings. The molecule has 2 aromatic carbocycles. The molecule has 0 unspecified atom stereocenters. The molecule has 35 heavy (non-hydrogen) atoms. The average molecular weight is 487 g/mol. The summed E-state index contributed by atoms with van der Waals surface area (Å²) in [5.41, 5.74) is 2.06. The van der Waals surface area contributed by atoms with Crippen molar-refractivity contribution in [3.8, 4) is 11.4 Å². The Morgan fingerprint density at radius 2 is 1.77 bits per heavy atom. The highest BCUT2D eigenvalue weighted by atomic mass is 32.1. The molecular weight excluding hydrogens is 464 g/mol. The van der Waals surface area contributed by atoms with Gasteiger partial charge >= 0.3 is 5.97 Å². The van der Waals surface area contributed by atoms with Gasteiger partial charge in [-0.3, -0.25) is 9.36 Å². The number of aromatic nitrogens is 4. The Morgan fingerprint density at radius 3 is 2.51 bits per heavy atom. The quantitative estimate of drug-likeness (QED) is 0.301. The number of carbonyl (C=O) groups is 1. The van der Waals surface area contributed by atoms with Crippen LogP contribution in [0.4, 0.5) is 0 Å². The van der Waals surface area contributed by atoms with E-state index in [1.807, 2.05) is 66.0 Å². The Balaban J connectivity index is 1.58. The number of pyridine rings is 1. The summed E-state index contributed by atoms with van der Waals surface area (Å²) in [6.45, 7) is 2.18. The molecule has 0 bridgehead atoms. The zero-order valence-corrected chi connectivity index (χ0v) is 19.8. The highest BCUT2D eigenvalue weighted by molar-refractivity contribution is 7.17. The maximum absolute atomic E-state index is 13.7. The van der Waals surface area contributed by atoms with Gasteiger partial charge in [0.05, 0.1) is 29.1 Å². The Morgan fingerprint density at radius 1 is 1.03 bits per heavy atom. The number of thiophene rings is 1. The molecule has 0 radical (unpaired) electrons. The van der Waals surface area contributed by atoms with Crippen LogP contribution in [0.2, 0.25) is 0 Å². The summed E-state index contributed by atoms with van der Waals surface area (Å²) in [7, 11) is 0. The first kappa shape index (κ1) is 22.5. The van der Waals surface area contributed by atoms with Crippen LogP contribution in [0.25, 0.3) is 15.9 Å². The number of rotatable bonds is 8. The van der Waals surface area contributed by atoms with E-state index in [1.54, 1.807) is 28.6 Å². The predicted molar refractivity (Wildman–Crippen MR) is 133 cm³/mol. The largest absolute Gasteiger partial charge is 0.482 e. The van der Waals surface area contributed by atoms with Gasteiger partial charge in [0.15, 0.2) is 5.82 Å². The number of carbonyl (C=O) groups excluding carboxylic acids is 1. The van der Waals surface area contributed by atoms with Crippen molar-refractivity contribution in [2.45, 2.75) is 20.1 Å². The Bertz CT molecular complexity index is 1520. The van der Waals surface area contributed by atoms with E-state index in [2.05, 4.69) is 10.1 Å². The van der Waals surface area contributed by atoms with Crippen LogP contribution in [0.15, 0.2) is 83.2 Å². The van der Waals surface area contributed by atoms with E-state index in [0.29, 0.717) is 16.0 Å². The van der Waals surface area contributed by atoms with Crippen LogP contribution >= 0.6 is 11.3 Å². The van der Waals surface area contributed by atoms with Crippen molar-refractivity contribution in [2.75, 3.05) is 6.61 Å². The fourth-order valence-corrected chi connectivity index (χ4v) is 4.70. The van der Waals surface area contributed by atoms with Crippen LogP contribution in [0.3, 0.4) is 0 Å². The van der Waals surface area contributed by atoms with Gasteiger partial charge in [0.2, 0.25) is 5.75 Å². The molecule has 3 heterocycles. The molecule has 0 aliphatic carbocycles. The van der Waals surface area contributed by atoms with Crippen LogP contribution < -0.4 is 10.3 Å². The molecule has 176 valence electrons. The number of para-hydroxylation sites is 1. The van der Waals surface area contributed by atoms with E-state index in [4.69, 9.17) is 9.47 Å². The minimum absolute atomic E-state index is 0.0373. The SMILES string of the molecule is CCOC(=O)c1c(OCc2ccccc2)c(=O)n(Cc2ncn(-c3ccccc3)n2)c2ccsc12. The van der Waals surface area contributed by atoms with Crippen molar-refractivity contribution in [3.05, 3.63) is 106 Å². The van der Waals surface area contributed by atoms with E-state index >= 15 is 0 Å². The molecule has 0 spiro atoms. The summed E-state index contributed by atoms with van der Waals surface area (Å²) in [4.78, 5) is 31.0. The number of hydrogen-bond donors (Lipinski definition) is 0. The number of benzene rings is 2. The van der Waals surface area contributed by atoms with Crippen LogP contribution in [0.5, 0.6) is 5.75 Å². The van der Waals surface area contributed by atoms with Gasteiger partial charge in [0.1, 0.15) is 18.5 Å². The summed E-state index contributed by atoms with van der Waals surface area (Å²) in [6.07, 6.45) is 1.61. The zero-order valence-electron chi connectivity index (χ0n) is 19.0. The summed E-state index contributed by atoms with van der Waals surface area (Å²) in [5.74, 6) is -0.162. The highest BCUT2D eigenvalue weighted by Gasteiger charge is 2.26. The summed E-state index contributed by atoms with van der Waals surface area (Å²) in [6, 6.07) is 20.9. The molecule has 5 rings (SSSR count). The van der Waals surface area contributed by atoms with Gasteiger partial charge in [0.25, 0.3) is 5.56 Å². The number of esters is 1. The normalized spacial score (nSPS) is 11.0. The first-order chi connectivity index (χ1) is 17.2. The number of nitrogens with zero attached hydrogens (tertiary/aromatic N) is 4. The van der Waals surface area contributed by atoms with Crippen LogP contribution in [-0.4, -0.2) is 31.9 Å². The molecular formula is C26H22N4O4S. The third-order valence-electron chi connectivity index (χ3n) is 5.39. The molecule has 0 fully saturated rings. The van der Waals surface area contributed by atoms with Crippen LogP contribution in [0.1, 0.15) is 28.7 Å². The molecule has 9 heteroatoms. The van der Waals surface area contributed by atoms with E-state index < -0.39 is 11.5 Å². The second kappa shape index (κ2) is 9.94. The van der Waals surface area contributed by atoms with Gasteiger partial charge in [0, 0.05) is 0 Å². The maximum atomic E-state index is 13.7. The minimum atomic E-state index is -0.584. The Labute approximate surface area is 205 Å². The lowest BCUT2D eigenvalue weighted by molar-refractivity contribution is 0.0523. The lowest BCUT2D eigenvalue weighted by Crippen LogP contribution is -2.26. The van der Waals surface area contributed by atoms with Gasteiger partial charge in [-0.1, -0.05) is 48.5 Å². The van der Waals surface area contributed by atoms with E-state index in [-0.39, 0.29) is 31.1 Å². The molecule has 0 amide bonds. The van der Waals surface area contributed by atoms with Crippen molar-refractivity contribution in [1.29, 1.82) is 0 Å². The fraction of sp³-hybridized carbons (Fsp3) is 0.154. The molecule has 5 aromatic rings. The number of fused-ring (bicyclic) bond motifs is 1. The van der Waals surface area contributed by atoms with Gasteiger partial charge in [-0.2, -0.15) is 0 Å². The van der Waals surface area contributed by atoms with E-state index in [0.717, 1.165) is 11.3 Å². The monoisotopic (exact) mass is 486 g/mol. The third-order valence-corrected chi connectivity index (χ3v) is 6.32. The van der Waals surface area contributed by atoms with Crippen molar-refractivity contribution < 1.29 is 14.3 Å². The summed E-state index contributed by atoms with van der Waals surface area (Å²) >= 11 is 1.35. The highest BCUT2D eigenvalue weighted by Crippen LogP contribution is 2.31. The molecule has 0 atom stereocenters. The minimum Gasteiger partial charge on any atom is -0.482 e. The van der Waals surface area contributed by atoms with Crippen molar-refractivity contribution in [3.63, 3.8) is 0 Å². The first-order valence-corrected chi connectivity index (χ1v) is 12.0. The van der Waals surface area contributed by atoms with Crippen molar-refractivity contribution in [2.24, 2.45) is 0 Å². The van der Waals surface area contributed by atoms with Crippen molar-refractivity contribution >= 4 is 27.5 Å². The van der Waals surface area contributed by atoms with E-state index in [1.165, 1.54) is 11.3 Å². The Hall–Kier alpha value is -4.24. The summed E-state index contributed by atoms with van der Waals surface area (Å²) < 4.78 is 15.1. The maximum Gasteiger partial charge on any atom is 0.343 e. The first-order valence-electron chi connectivity index (χ1n) is 11.1. The lowest BCUT2D eigenvalue weighted by Gasteiger charge is -2.15. The summed E-state index contributed by atoms with van der Waals surface area (Å²) in [5, 5.41) is 6.37. The van der Waals surface area contributed by atoms with Crippen molar-refractivity contribution in [1.82, 2.24) is 19.3 Å². The van der Waals surface area contributed by atoms with E-state index in [9.17, 15) is 9.59 Å². The topological polar surface area (TPSA) is 88.2 Å². The second-order valence-electron chi connectivity index (χ2n) is 7.67. The van der Waals surface area contributed by atoms with Gasteiger partial charge in [-0.25, -0.2) is 14.5 Å². The smallest absolute Gasteiger partial charge is 0.343 e. The van der Waals surface area contributed by atoms with Crippen LogP contribution in [-0.2, 0) is 17.9 Å². The second-order valence-corrected chi connectivity index (χ2v) is 8.58. The Kier molecular flexibility index (Phi) is 6.40. The standard InChI is InChI=1S/C26H22N4O4S/c1-2-33-26(32)22-23(34-16-18-9-5-3-6-10-18)25(31)29(20-13-14-35-24(20)22)15-21-27-17-30(28-21)19-11-7-4-8-12-19/h3-14,17H,2,15-16H2,1H3. The third kappa shape index (κ3) is 4.58. The lowest BCUT2D eigenvalue weighted by atomic mass is 10.2. The molecule has 8 nitrogen and oxygen atoms in total. The molecule has 3 aromatic heterocycles. The van der Waals surface area contributed by atoms with Gasteiger partial charge < -0.3 is 9.47 Å². The van der Waals surface area contributed by atoms with Crippen LogP contribution in [0, 0.1) is 0 Å². The molecule has 0 N–H and O–H groups in total. The van der Waals surface area contributed by atoms with Gasteiger partial charge in [-0.05, 0) is 36.1 Å². The van der Waals surface area contributed by atoms with Gasteiger partial charge in [-0.15, -0.1) is 16.4 Å². The predicted octanol–water partition coefficient (Wildman–Crippen LogP) is 4.45. The molecule has 0 saturated heterocycles. The fourth-order valence-electron chi connectivity index (χ4n) is 3.77. The average Bonchev–Trinajstić information content (AvgIpc) is 3.56. The zero-order chi connectivity index (χ0) is 24.2. The number of hydrogen-bond acceptors (Lipinski definition) is 7. The molecule has 0 saturated carbocycles.